The van der Waals surface area contributed by atoms with Gasteiger partial charge in [0.25, 0.3) is 0 Å². The van der Waals surface area contributed by atoms with Crippen molar-refractivity contribution < 1.29 is 9.18 Å². The van der Waals surface area contributed by atoms with Crippen molar-refractivity contribution in [2.75, 3.05) is 0 Å². The summed E-state index contributed by atoms with van der Waals surface area (Å²) >= 11 is 6.26. The number of aromatic nitrogens is 3. The molecule has 0 aliphatic carbocycles. The van der Waals surface area contributed by atoms with Gasteiger partial charge in [0.15, 0.2) is 5.82 Å². The number of carbonyl (C=O) groups is 1. The van der Waals surface area contributed by atoms with Gasteiger partial charge < -0.3 is 5.73 Å². The fourth-order valence-electron chi connectivity index (χ4n) is 3.29. The first-order valence-electron chi connectivity index (χ1n) is 8.27. The molecule has 0 saturated heterocycles. The maximum absolute atomic E-state index is 13.4. The number of hydrogen-bond donors (Lipinski definition) is 1. The van der Waals surface area contributed by atoms with Crippen LogP contribution in [-0.2, 0) is 4.79 Å². The quantitative estimate of drug-likeness (QED) is 0.750. The van der Waals surface area contributed by atoms with Crippen LogP contribution in [-0.4, -0.2) is 26.4 Å². The molecule has 1 aliphatic rings. The highest BCUT2D eigenvalue weighted by atomic mass is 35.5. The number of fused-ring (bicyclic) bond motifs is 1. The minimum atomic E-state index is -0.719. The SMILES string of the molecule is CC1=Nc2nc(-c3ccccc3Cl)nn2C(c2ccc(F)cc2)C1C(N)=O. The number of halogens is 2. The molecule has 1 aliphatic heterocycles. The van der Waals surface area contributed by atoms with Gasteiger partial charge in [0.1, 0.15) is 11.7 Å². The van der Waals surface area contributed by atoms with E-state index in [1.165, 1.54) is 12.1 Å². The van der Waals surface area contributed by atoms with E-state index >= 15 is 0 Å². The predicted molar refractivity (Wildman–Crippen MR) is 100 cm³/mol. The first-order valence-corrected chi connectivity index (χ1v) is 8.65. The molecule has 0 radical (unpaired) electrons. The second-order valence-corrected chi connectivity index (χ2v) is 6.70. The number of primary amides is 1. The van der Waals surface area contributed by atoms with Crippen LogP contribution in [0.3, 0.4) is 0 Å². The van der Waals surface area contributed by atoms with Crippen LogP contribution in [0.1, 0.15) is 18.5 Å². The number of aliphatic imine (C=N–C) groups is 1. The van der Waals surface area contributed by atoms with Crippen LogP contribution < -0.4 is 5.73 Å². The van der Waals surface area contributed by atoms with Gasteiger partial charge in [-0.1, -0.05) is 35.9 Å². The molecule has 2 aromatic carbocycles. The molecule has 2 N–H and O–H groups in total. The number of carbonyl (C=O) groups excluding carboxylic acids is 1. The summed E-state index contributed by atoms with van der Waals surface area (Å²) in [5, 5.41) is 5.05. The van der Waals surface area contributed by atoms with E-state index in [2.05, 4.69) is 15.1 Å². The lowest BCUT2D eigenvalue weighted by Crippen LogP contribution is -2.39. The summed E-state index contributed by atoms with van der Waals surface area (Å²) in [7, 11) is 0. The van der Waals surface area contributed by atoms with E-state index in [-0.39, 0.29) is 5.82 Å². The molecule has 6 nitrogen and oxygen atoms in total. The maximum Gasteiger partial charge on any atom is 0.248 e. The normalized spacial score (nSPS) is 18.7. The summed E-state index contributed by atoms with van der Waals surface area (Å²) in [4.78, 5) is 21.0. The molecule has 2 unspecified atom stereocenters. The summed E-state index contributed by atoms with van der Waals surface area (Å²) in [5.41, 5.74) is 7.51. The summed E-state index contributed by atoms with van der Waals surface area (Å²) in [6.45, 7) is 1.72. The molecule has 0 fully saturated rings. The summed E-state index contributed by atoms with van der Waals surface area (Å²) in [6.07, 6.45) is 0. The minimum absolute atomic E-state index is 0.342. The van der Waals surface area contributed by atoms with Crippen molar-refractivity contribution in [2.45, 2.75) is 13.0 Å². The van der Waals surface area contributed by atoms with Gasteiger partial charge in [0.05, 0.1) is 11.1 Å². The standard InChI is InChI=1S/C19H15ClFN5O/c1-10-15(17(22)27)16(11-6-8-12(21)9-7-11)26-19(23-10)24-18(25-26)13-4-2-3-5-14(13)20/h2-9,15-16H,1H3,(H2,22,27). The highest BCUT2D eigenvalue weighted by Gasteiger charge is 2.38. The number of benzene rings is 2. The molecule has 3 aromatic rings. The topological polar surface area (TPSA) is 86.2 Å². The molecular formula is C19H15ClFN5O. The van der Waals surface area contributed by atoms with Crippen molar-refractivity contribution in [3.8, 4) is 11.4 Å². The Hall–Kier alpha value is -3.06. The van der Waals surface area contributed by atoms with E-state index in [0.29, 0.717) is 33.6 Å². The number of nitrogens with zero attached hydrogens (tertiary/aromatic N) is 4. The second kappa shape index (κ2) is 6.59. The lowest BCUT2D eigenvalue weighted by atomic mass is 9.88. The van der Waals surface area contributed by atoms with Crippen LogP contribution in [0.2, 0.25) is 5.02 Å². The van der Waals surface area contributed by atoms with Gasteiger partial charge in [-0.15, -0.1) is 5.10 Å². The van der Waals surface area contributed by atoms with E-state index in [1.807, 2.05) is 12.1 Å². The zero-order valence-corrected chi connectivity index (χ0v) is 15.1. The van der Waals surface area contributed by atoms with E-state index in [9.17, 15) is 9.18 Å². The average Bonchev–Trinajstić information content (AvgIpc) is 3.04. The number of amides is 1. The fraction of sp³-hybridized carbons (Fsp3) is 0.158. The third-order valence-electron chi connectivity index (χ3n) is 4.55. The summed E-state index contributed by atoms with van der Waals surface area (Å²) in [5.74, 6) is -0.889. The Morgan fingerprint density at radius 2 is 1.89 bits per heavy atom. The van der Waals surface area contributed by atoms with Gasteiger partial charge in [-0.25, -0.2) is 14.1 Å². The Morgan fingerprint density at radius 3 is 2.56 bits per heavy atom. The Morgan fingerprint density at radius 1 is 1.19 bits per heavy atom. The molecule has 4 rings (SSSR count). The van der Waals surface area contributed by atoms with Crippen molar-refractivity contribution in [2.24, 2.45) is 16.6 Å². The molecule has 0 saturated carbocycles. The van der Waals surface area contributed by atoms with Gasteiger partial charge >= 0.3 is 0 Å². The van der Waals surface area contributed by atoms with Crippen LogP contribution >= 0.6 is 11.6 Å². The zero-order valence-electron chi connectivity index (χ0n) is 14.3. The Labute approximate surface area is 159 Å². The van der Waals surface area contributed by atoms with Crippen molar-refractivity contribution in [1.82, 2.24) is 14.8 Å². The lowest BCUT2D eigenvalue weighted by molar-refractivity contribution is -0.120. The highest BCUT2D eigenvalue weighted by Crippen LogP contribution is 2.37. The fourth-order valence-corrected chi connectivity index (χ4v) is 3.51. The molecule has 1 aromatic heterocycles. The first-order chi connectivity index (χ1) is 13.0. The Bertz CT molecular complexity index is 1060. The molecular weight excluding hydrogens is 369 g/mol. The highest BCUT2D eigenvalue weighted by molar-refractivity contribution is 6.33. The van der Waals surface area contributed by atoms with Gasteiger partial charge in [-0.3, -0.25) is 4.79 Å². The zero-order chi connectivity index (χ0) is 19.1. The predicted octanol–water partition coefficient (Wildman–Crippen LogP) is 3.53. The molecule has 2 atom stereocenters. The van der Waals surface area contributed by atoms with Crippen molar-refractivity contribution >= 4 is 29.2 Å². The van der Waals surface area contributed by atoms with Crippen molar-refractivity contribution in [3.63, 3.8) is 0 Å². The minimum Gasteiger partial charge on any atom is -0.369 e. The van der Waals surface area contributed by atoms with E-state index in [0.717, 1.165) is 0 Å². The van der Waals surface area contributed by atoms with Crippen LogP contribution in [0, 0.1) is 11.7 Å². The van der Waals surface area contributed by atoms with Crippen molar-refractivity contribution in [1.29, 1.82) is 0 Å². The Balaban J connectivity index is 1.90. The lowest BCUT2D eigenvalue weighted by Gasteiger charge is -2.29. The molecule has 2 heterocycles. The van der Waals surface area contributed by atoms with Gasteiger partial charge in [-0.05, 0) is 36.8 Å². The summed E-state index contributed by atoms with van der Waals surface area (Å²) < 4.78 is 14.9. The maximum atomic E-state index is 13.4. The smallest absolute Gasteiger partial charge is 0.248 e. The van der Waals surface area contributed by atoms with E-state index < -0.39 is 17.9 Å². The van der Waals surface area contributed by atoms with Crippen LogP contribution in [0.25, 0.3) is 11.4 Å². The van der Waals surface area contributed by atoms with Crippen LogP contribution in [0.5, 0.6) is 0 Å². The third-order valence-corrected chi connectivity index (χ3v) is 4.88. The molecule has 8 heteroatoms. The monoisotopic (exact) mass is 383 g/mol. The number of rotatable bonds is 3. The Kier molecular flexibility index (Phi) is 4.24. The van der Waals surface area contributed by atoms with Crippen molar-refractivity contribution in [3.05, 3.63) is 64.9 Å². The largest absolute Gasteiger partial charge is 0.369 e. The van der Waals surface area contributed by atoms with Gasteiger partial charge in [0, 0.05) is 11.3 Å². The molecule has 0 spiro atoms. The first kappa shape index (κ1) is 17.4. The second-order valence-electron chi connectivity index (χ2n) is 6.29. The van der Waals surface area contributed by atoms with E-state index in [1.54, 1.807) is 35.9 Å². The van der Waals surface area contributed by atoms with E-state index in [4.69, 9.17) is 17.3 Å². The molecule has 136 valence electrons. The van der Waals surface area contributed by atoms with Gasteiger partial charge in [-0.2, -0.15) is 4.98 Å². The van der Waals surface area contributed by atoms with Gasteiger partial charge in [0.2, 0.25) is 11.9 Å². The summed E-state index contributed by atoms with van der Waals surface area (Å²) in [6, 6.07) is 12.5. The van der Waals surface area contributed by atoms with Crippen LogP contribution in [0.15, 0.2) is 53.5 Å². The molecule has 0 bridgehead atoms. The average molecular weight is 384 g/mol. The number of hydrogen-bond acceptors (Lipinski definition) is 4. The van der Waals surface area contributed by atoms with Crippen LogP contribution in [0.4, 0.5) is 10.3 Å². The molecule has 1 amide bonds. The number of nitrogens with two attached hydrogens (primary N) is 1. The molecule has 27 heavy (non-hydrogen) atoms. The third kappa shape index (κ3) is 3.00.